The van der Waals surface area contributed by atoms with Crippen LogP contribution in [0.4, 0.5) is 22.7 Å². The van der Waals surface area contributed by atoms with Crippen LogP contribution in [0.3, 0.4) is 0 Å². The van der Waals surface area contributed by atoms with Crippen LogP contribution in [-0.2, 0) is 0 Å². The van der Waals surface area contributed by atoms with Crippen LogP contribution in [0.1, 0.15) is 0 Å². The normalized spacial score (nSPS) is 14.9. The SMILES string of the molecule is C1=CC2=[N+](c3ccccc3)c3cc4c(cc3N(c3ccccc3)C2C=C1)-c1ncccc1-c1ccccc1-c1ccc(-c2cccc3c2oc2ccccc23)cc1-4. The van der Waals surface area contributed by atoms with E-state index in [-0.39, 0.29) is 6.04 Å². The number of benzene rings is 7. The largest absolute Gasteiger partial charge is 0.455 e. The molecule has 4 nitrogen and oxygen atoms in total. The minimum atomic E-state index is -0.0242. The molecule has 0 saturated heterocycles. The molecule has 0 N–H and O–H groups in total. The summed E-state index contributed by atoms with van der Waals surface area (Å²) in [5.41, 5.74) is 18.6. The van der Waals surface area contributed by atoms with Gasteiger partial charge in [0.25, 0.3) is 0 Å². The molecule has 1 aliphatic heterocycles. The highest BCUT2D eigenvalue weighted by Crippen LogP contribution is 2.53. The molecule has 2 aromatic heterocycles. The third kappa shape index (κ3) is 4.81. The Morgan fingerprint density at radius 3 is 2.11 bits per heavy atom. The van der Waals surface area contributed by atoms with Crippen LogP contribution in [-0.4, -0.2) is 16.7 Å². The number of rotatable bonds is 3. The van der Waals surface area contributed by atoms with Crippen molar-refractivity contribution in [1.29, 1.82) is 0 Å². The van der Waals surface area contributed by atoms with Crippen molar-refractivity contribution in [3.05, 3.63) is 200 Å². The fraction of sp³-hybridized carbons (Fsp3) is 0.0189. The van der Waals surface area contributed by atoms with Gasteiger partial charge in [0, 0.05) is 63.6 Å². The highest BCUT2D eigenvalue weighted by atomic mass is 16.3. The zero-order valence-corrected chi connectivity index (χ0v) is 30.9. The topological polar surface area (TPSA) is 32.3 Å². The Balaban J connectivity index is 1.21. The molecule has 2 aliphatic carbocycles. The van der Waals surface area contributed by atoms with Gasteiger partial charge in [-0.1, -0.05) is 133 Å². The number of para-hydroxylation sites is 4. The van der Waals surface area contributed by atoms with E-state index in [4.69, 9.17) is 9.40 Å². The number of allylic oxidation sites excluding steroid dienone is 2. The lowest BCUT2D eigenvalue weighted by Crippen LogP contribution is -2.44. The molecule has 12 rings (SSSR count). The summed E-state index contributed by atoms with van der Waals surface area (Å²) < 4.78 is 9.05. The molecule has 0 amide bonds. The first-order valence-corrected chi connectivity index (χ1v) is 19.5. The van der Waals surface area contributed by atoms with Crippen molar-refractivity contribution in [3.63, 3.8) is 0 Å². The van der Waals surface area contributed by atoms with E-state index in [2.05, 4.69) is 198 Å². The summed E-state index contributed by atoms with van der Waals surface area (Å²) in [5, 5.41) is 2.24. The van der Waals surface area contributed by atoms with Crippen molar-refractivity contribution in [2.24, 2.45) is 0 Å². The molecule has 3 aliphatic rings. The number of nitrogens with zero attached hydrogens (tertiary/aromatic N) is 3. The molecule has 4 heteroatoms. The van der Waals surface area contributed by atoms with Crippen LogP contribution in [0.25, 0.3) is 77.7 Å². The predicted molar refractivity (Wildman–Crippen MR) is 236 cm³/mol. The first-order valence-electron chi connectivity index (χ1n) is 19.5. The molecule has 0 fully saturated rings. The molecule has 9 aromatic rings. The van der Waals surface area contributed by atoms with Gasteiger partial charge in [0.15, 0.2) is 0 Å². The molecule has 7 aromatic carbocycles. The standard InChI is InChI=1S/C53H34N3O/c1-3-15-35(16-4-1)55-47-25-10-11-26-48(47)56(36-17-5-2-6-18-36)50-33-46-45(32-49(50)55)44-31-34(37-22-13-23-43-41-21-9-12-27-51(41)57-53(37)43)28-29-40(44)38-19-7-8-20-39(38)42-24-14-30-54-52(42)46/h1-33,48H/q+1. The molecular formula is C53H34N3O+. The first kappa shape index (κ1) is 31.8. The van der Waals surface area contributed by atoms with Gasteiger partial charge in [0.05, 0.1) is 5.69 Å². The third-order valence-electron chi connectivity index (χ3n) is 11.8. The average molecular weight is 729 g/mol. The van der Waals surface area contributed by atoms with Crippen molar-refractivity contribution in [3.8, 4) is 55.8 Å². The van der Waals surface area contributed by atoms with E-state index in [9.17, 15) is 0 Å². The molecule has 0 radical (unpaired) electrons. The van der Waals surface area contributed by atoms with Crippen molar-refractivity contribution < 1.29 is 4.42 Å². The Morgan fingerprint density at radius 2 is 1.23 bits per heavy atom. The van der Waals surface area contributed by atoms with Crippen LogP contribution >= 0.6 is 0 Å². The van der Waals surface area contributed by atoms with Gasteiger partial charge in [0.1, 0.15) is 22.9 Å². The van der Waals surface area contributed by atoms with Gasteiger partial charge in [-0.15, -0.1) is 0 Å². The number of hydrogen-bond acceptors (Lipinski definition) is 3. The number of pyridine rings is 1. The molecule has 1 atom stereocenters. The maximum absolute atomic E-state index is 6.60. The molecule has 3 heterocycles. The number of anilines is 2. The minimum absolute atomic E-state index is 0.0242. The number of fused-ring (bicyclic) bond motifs is 13. The molecule has 1 unspecified atom stereocenters. The molecule has 0 saturated carbocycles. The summed E-state index contributed by atoms with van der Waals surface area (Å²) in [6.07, 6.45) is 10.8. The maximum atomic E-state index is 6.60. The Morgan fingerprint density at radius 1 is 0.526 bits per heavy atom. The third-order valence-corrected chi connectivity index (χ3v) is 11.8. The molecule has 266 valence electrons. The highest BCUT2D eigenvalue weighted by molar-refractivity contribution is 6.14. The van der Waals surface area contributed by atoms with E-state index in [1.807, 2.05) is 12.3 Å². The fourth-order valence-corrected chi connectivity index (χ4v) is 9.29. The summed E-state index contributed by atoms with van der Waals surface area (Å²) in [4.78, 5) is 7.69. The molecule has 57 heavy (non-hydrogen) atoms. The summed E-state index contributed by atoms with van der Waals surface area (Å²) in [6, 6.07) is 61.1. The van der Waals surface area contributed by atoms with Gasteiger partial charge in [0.2, 0.25) is 17.1 Å². The van der Waals surface area contributed by atoms with Crippen molar-refractivity contribution in [2.45, 2.75) is 6.04 Å². The summed E-state index contributed by atoms with van der Waals surface area (Å²) in [5.74, 6) is 0. The van der Waals surface area contributed by atoms with Crippen LogP contribution < -0.4 is 9.48 Å². The van der Waals surface area contributed by atoms with Gasteiger partial charge in [-0.25, -0.2) is 0 Å². The van der Waals surface area contributed by atoms with Crippen LogP contribution in [0, 0.1) is 0 Å². The number of furan rings is 1. The summed E-state index contributed by atoms with van der Waals surface area (Å²) in [7, 11) is 0. The number of hydrogen-bond donors (Lipinski definition) is 0. The lowest BCUT2D eigenvalue weighted by atomic mass is 9.81. The van der Waals surface area contributed by atoms with E-state index < -0.39 is 0 Å². The van der Waals surface area contributed by atoms with Gasteiger partial charge in [-0.2, -0.15) is 4.58 Å². The van der Waals surface area contributed by atoms with E-state index in [1.165, 1.54) is 22.4 Å². The second-order valence-electron chi connectivity index (χ2n) is 14.9. The van der Waals surface area contributed by atoms with Crippen LogP contribution in [0.5, 0.6) is 0 Å². The van der Waals surface area contributed by atoms with E-state index in [0.717, 1.165) is 83.8 Å². The Bertz CT molecular complexity index is 3190. The van der Waals surface area contributed by atoms with E-state index >= 15 is 0 Å². The highest BCUT2D eigenvalue weighted by Gasteiger charge is 2.41. The molecular weight excluding hydrogens is 695 g/mol. The lowest BCUT2D eigenvalue weighted by molar-refractivity contribution is 0.670. The minimum Gasteiger partial charge on any atom is -0.455 e. The summed E-state index contributed by atoms with van der Waals surface area (Å²) >= 11 is 0. The zero-order valence-electron chi connectivity index (χ0n) is 30.9. The predicted octanol–water partition coefficient (Wildman–Crippen LogP) is 13.6. The Hall–Kier alpha value is -7.56. The lowest BCUT2D eigenvalue weighted by Gasteiger charge is -2.36. The second-order valence-corrected chi connectivity index (χ2v) is 14.9. The maximum Gasteiger partial charge on any atom is 0.236 e. The van der Waals surface area contributed by atoms with Crippen LogP contribution in [0.15, 0.2) is 205 Å². The first-order chi connectivity index (χ1) is 28.3. The van der Waals surface area contributed by atoms with Gasteiger partial charge in [-0.05, 0) is 69.8 Å². The number of aromatic nitrogens is 1. The fourth-order valence-electron chi connectivity index (χ4n) is 9.29. The monoisotopic (exact) mass is 728 g/mol. The van der Waals surface area contributed by atoms with E-state index in [0.29, 0.717) is 0 Å². The van der Waals surface area contributed by atoms with Crippen molar-refractivity contribution >= 4 is 50.4 Å². The Labute approximate surface area is 330 Å². The van der Waals surface area contributed by atoms with Crippen LogP contribution in [0.2, 0.25) is 0 Å². The smallest absolute Gasteiger partial charge is 0.236 e. The quantitative estimate of drug-likeness (QED) is 0.170. The zero-order chi connectivity index (χ0) is 37.5. The van der Waals surface area contributed by atoms with E-state index in [1.54, 1.807) is 0 Å². The van der Waals surface area contributed by atoms with Gasteiger partial charge < -0.3 is 9.32 Å². The molecule has 0 spiro atoms. The van der Waals surface area contributed by atoms with Gasteiger partial charge >= 0.3 is 0 Å². The van der Waals surface area contributed by atoms with Crippen molar-refractivity contribution in [1.82, 2.24) is 9.56 Å². The summed E-state index contributed by atoms with van der Waals surface area (Å²) in [6.45, 7) is 0. The molecule has 0 bridgehead atoms. The van der Waals surface area contributed by atoms with Crippen molar-refractivity contribution in [2.75, 3.05) is 4.90 Å². The Kier molecular flexibility index (Phi) is 6.96. The van der Waals surface area contributed by atoms with Gasteiger partial charge in [-0.3, -0.25) is 4.98 Å². The average Bonchev–Trinajstić information content (AvgIpc) is 3.67. The second kappa shape index (κ2) is 12.5.